The maximum Gasteiger partial charge on any atom is 0.312 e. The van der Waals surface area contributed by atoms with Gasteiger partial charge in [-0.2, -0.15) is 0 Å². The predicted octanol–water partition coefficient (Wildman–Crippen LogP) is 1.52. The molecule has 0 spiro atoms. The molecule has 3 unspecified atom stereocenters. The number of methoxy groups -OCH3 is 1. The summed E-state index contributed by atoms with van der Waals surface area (Å²) in [5, 5.41) is 9.24. The minimum absolute atomic E-state index is 0.370. The van der Waals surface area contributed by atoms with Gasteiger partial charge in [0, 0.05) is 7.11 Å². The Morgan fingerprint density at radius 1 is 1.62 bits per heavy atom. The Kier molecular flexibility index (Phi) is 2.06. The van der Waals surface area contributed by atoms with Gasteiger partial charge in [0.15, 0.2) is 0 Å². The van der Waals surface area contributed by atoms with E-state index in [9.17, 15) is 9.90 Å². The summed E-state index contributed by atoms with van der Waals surface area (Å²) in [6.45, 7) is 0.392. The van der Waals surface area contributed by atoms with E-state index in [4.69, 9.17) is 4.74 Å². The molecule has 0 aromatic heterocycles. The summed E-state index contributed by atoms with van der Waals surface area (Å²) in [5.74, 6) is 0.368. The van der Waals surface area contributed by atoms with Crippen molar-refractivity contribution in [3.8, 4) is 0 Å². The van der Waals surface area contributed by atoms with Crippen molar-refractivity contribution in [2.45, 2.75) is 25.7 Å². The largest absolute Gasteiger partial charge is 0.481 e. The Bertz CT molecular complexity index is 226. The average molecular weight is 184 g/mol. The smallest absolute Gasteiger partial charge is 0.312 e. The van der Waals surface area contributed by atoms with E-state index >= 15 is 0 Å². The molecular weight excluding hydrogens is 168 g/mol. The van der Waals surface area contributed by atoms with Crippen molar-refractivity contribution in [1.82, 2.24) is 0 Å². The lowest BCUT2D eigenvalue weighted by molar-refractivity contribution is -0.156. The predicted molar refractivity (Wildman–Crippen MR) is 47.4 cm³/mol. The van der Waals surface area contributed by atoms with Gasteiger partial charge in [0.2, 0.25) is 0 Å². The molecule has 3 heteroatoms. The van der Waals surface area contributed by atoms with Crippen LogP contribution in [0.2, 0.25) is 0 Å². The second kappa shape index (κ2) is 2.98. The van der Waals surface area contributed by atoms with Gasteiger partial charge in [-0.15, -0.1) is 0 Å². The highest BCUT2D eigenvalue weighted by Crippen LogP contribution is 2.56. The number of carboxylic acid groups (broad SMARTS) is 1. The molecule has 0 amide bonds. The molecule has 0 saturated heterocycles. The van der Waals surface area contributed by atoms with Gasteiger partial charge in [0.05, 0.1) is 12.0 Å². The van der Waals surface area contributed by atoms with Crippen LogP contribution >= 0.6 is 0 Å². The molecular formula is C10H16O3. The molecule has 13 heavy (non-hydrogen) atoms. The Hall–Kier alpha value is -0.570. The van der Waals surface area contributed by atoms with Crippen LogP contribution in [0.4, 0.5) is 0 Å². The third-order valence-electron chi connectivity index (χ3n) is 3.80. The first-order valence-electron chi connectivity index (χ1n) is 4.91. The van der Waals surface area contributed by atoms with Crippen molar-refractivity contribution >= 4 is 5.97 Å². The van der Waals surface area contributed by atoms with Crippen molar-refractivity contribution in [2.24, 2.45) is 17.3 Å². The van der Waals surface area contributed by atoms with Crippen LogP contribution in [0.3, 0.4) is 0 Å². The second-order valence-electron chi connectivity index (χ2n) is 4.47. The first kappa shape index (κ1) is 9.00. The Morgan fingerprint density at radius 3 is 2.77 bits per heavy atom. The molecule has 0 aromatic rings. The van der Waals surface area contributed by atoms with Gasteiger partial charge in [0.1, 0.15) is 0 Å². The normalized spacial score (nSPS) is 42.5. The maximum absolute atomic E-state index is 11.2. The van der Waals surface area contributed by atoms with Crippen LogP contribution in [-0.4, -0.2) is 24.8 Å². The molecule has 74 valence electrons. The highest BCUT2D eigenvalue weighted by molar-refractivity contribution is 5.76. The lowest BCUT2D eigenvalue weighted by Gasteiger charge is -2.32. The standard InChI is InChI=1S/C10H16O3/c1-13-6-10(9(11)12)5-7-2-3-8(10)4-7/h7-8H,2-6H2,1H3,(H,11,12). The van der Waals surface area contributed by atoms with Crippen molar-refractivity contribution in [2.75, 3.05) is 13.7 Å². The summed E-state index contributed by atoms with van der Waals surface area (Å²) >= 11 is 0. The topological polar surface area (TPSA) is 46.5 Å². The van der Waals surface area contributed by atoms with Gasteiger partial charge < -0.3 is 9.84 Å². The third kappa shape index (κ3) is 1.17. The number of aliphatic carboxylic acids is 1. The summed E-state index contributed by atoms with van der Waals surface area (Å²) in [5.41, 5.74) is -0.544. The Morgan fingerprint density at radius 2 is 2.38 bits per heavy atom. The molecule has 2 saturated carbocycles. The zero-order valence-corrected chi connectivity index (χ0v) is 7.95. The highest BCUT2D eigenvalue weighted by Gasteiger charge is 2.55. The third-order valence-corrected chi connectivity index (χ3v) is 3.80. The molecule has 2 bridgehead atoms. The van der Waals surface area contributed by atoms with E-state index in [2.05, 4.69) is 0 Å². The molecule has 2 fully saturated rings. The van der Waals surface area contributed by atoms with Gasteiger partial charge in [-0.25, -0.2) is 0 Å². The summed E-state index contributed by atoms with van der Waals surface area (Å²) in [4.78, 5) is 11.2. The molecule has 0 aliphatic heterocycles. The van der Waals surface area contributed by atoms with Crippen LogP contribution in [0.5, 0.6) is 0 Å². The first-order valence-corrected chi connectivity index (χ1v) is 4.91. The van der Waals surface area contributed by atoms with Crippen LogP contribution in [0, 0.1) is 17.3 Å². The van der Waals surface area contributed by atoms with Crippen LogP contribution < -0.4 is 0 Å². The van der Waals surface area contributed by atoms with E-state index in [1.54, 1.807) is 7.11 Å². The molecule has 3 atom stereocenters. The molecule has 2 rings (SSSR count). The summed E-state index contributed by atoms with van der Waals surface area (Å²) in [7, 11) is 1.59. The second-order valence-corrected chi connectivity index (χ2v) is 4.47. The van der Waals surface area contributed by atoms with Crippen molar-refractivity contribution in [3.05, 3.63) is 0 Å². The van der Waals surface area contributed by atoms with Gasteiger partial charge >= 0.3 is 5.97 Å². The Balaban J connectivity index is 2.20. The van der Waals surface area contributed by atoms with Crippen LogP contribution in [0.1, 0.15) is 25.7 Å². The maximum atomic E-state index is 11.2. The summed E-state index contributed by atoms with van der Waals surface area (Å²) < 4.78 is 5.06. The fourth-order valence-corrected chi connectivity index (χ4v) is 3.20. The van der Waals surface area contributed by atoms with Gasteiger partial charge in [-0.05, 0) is 31.1 Å². The summed E-state index contributed by atoms with van der Waals surface area (Å²) in [6.07, 6.45) is 4.25. The molecule has 3 nitrogen and oxygen atoms in total. The van der Waals surface area contributed by atoms with Crippen LogP contribution in [-0.2, 0) is 9.53 Å². The molecule has 0 aromatic carbocycles. The van der Waals surface area contributed by atoms with E-state index in [-0.39, 0.29) is 0 Å². The van der Waals surface area contributed by atoms with Gasteiger partial charge in [-0.3, -0.25) is 4.79 Å². The number of hydrogen-bond donors (Lipinski definition) is 1. The van der Waals surface area contributed by atoms with Crippen molar-refractivity contribution < 1.29 is 14.6 Å². The molecule has 0 heterocycles. The molecule has 0 radical (unpaired) electrons. The zero-order valence-electron chi connectivity index (χ0n) is 7.95. The number of hydrogen-bond acceptors (Lipinski definition) is 2. The number of carboxylic acids is 1. The van der Waals surface area contributed by atoms with E-state index in [0.29, 0.717) is 18.4 Å². The average Bonchev–Trinajstić information content (AvgIpc) is 2.64. The number of rotatable bonds is 3. The lowest BCUT2D eigenvalue weighted by atomic mass is 9.74. The minimum atomic E-state index is -0.651. The lowest BCUT2D eigenvalue weighted by Crippen LogP contribution is -2.40. The highest BCUT2D eigenvalue weighted by atomic mass is 16.5. The van der Waals surface area contributed by atoms with Crippen molar-refractivity contribution in [1.29, 1.82) is 0 Å². The van der Waals surface area contributed by atoms with E-state index < -0.39 is 11.4 Å². The Labute approximate surface area is 78.1 Å². The number of ether oxygens (including phenoxy) is 1. The minimum Gasteiger partial charge on any atom is -0.481 e. The number of fused-ring (bicyclic) bond motifs is 2. The fourth-order valence-electron chi connectivity index (χ4n) is 3.20. The van der Waals surface area contributed by atoms with Gasteiger partial charge in [-0.1, -0.05) is 6.42 Å². The molecule has 2 aliphatic rings. The van der Waals surface area contributed by atoms with Crippen LogP contribution in [0.15, 0.2) is 0 Å². The van der Waals surface area contributed by atoms with Gasteiger partial charge in [0.25, 0.3) is 0 Å². The quantitative estimate of drug-likeness (QED) is 0.723. The number of carbonyl (C=O) groups is 1. The van der Waals surface area contributed by atoms with E-state index in [0.717, 1.165) is 19.3 Å². The SMILES string of the molecule is COCC1(C(=O)O)CC2CCC1C2. The van der Waals surface area contributed by atoms with Crippen LogP contribution in [0.25, 0.3) is 0 Å². The zero-order chi connectivity index (χ0) is 9.47. The molecule has 1 N–H and O–H groups in total. The van der Waals surface area contributed by atoms with Crippen molar-refractivity contribution in [3.63, 3.8) is 0 Å². The monoisotopic (exact) mass is 184 g/mol. The first-order chi connectivity index (χ1) is 6.19. The van der Waals surface area contributed by atoms with E-state index in [1.165, 1.54) is 6.42 Å². The van der Waals surface area contributed by atoms with E-state index in [1.807, 2.05) is 0 Å². The molecule has 2 aliphatic carbocycles. The summed E-state index contributed by atoms with van der Waals surface area (Å²) in [6, 6.07) is 0. The fraction of sp³-hybridized carbons (Fsp3) is 0.900.